The van der Waals surface area contributed by atoms with Gasteiger partial charge in [-0.05, 0) is 51.0 Å². The molecule has 0 aliphatic rings. The van der Waals surface area contributed by atoms with E-state index in [1.165, 1.54) is 11.1 Å². The van der Waals surface area contributed by atoms with Crippen LogP contribution in [0.15, 0.2) is 18.5 Å². The molecule has 19 heavy (non-hydrogen) atoms. The van der Waals surface area contributed by atoms with Crippen molar-refractivity contribution in [1.29, 1.82) is 0 Å². The van der Waals surface area contributed by atoms with Crippen molar-refractivity contribution in [3.8, 4) is 0 Å². The lowest BCUT2D eigenvalue weighted by Gasteiger charge is -2.19. The first kappa shape index (κ1) is 13.6. The lowest BCUT2D eigenvalue weighted by atomic mass is 10.1. The van der Waals surface area contributed by atoms with Crippen LogP contribution >= 0.6 is 0 Å². The lowest BCUT2D eigenvalue weighted by Crippen LogP contribution is -2.33. The Balaban J connectivity index is 2.31. The molecule has 0 bridgehead atoms. The third-order valence-electron chi connectivity index (χ3n) is 3.66. The highest BCUT2D eigenvalue weighted by Gasteiger charge is 2.12. The van der Waals surface area contributed by atoms with Crippen LogP contribution in [0.3, 0.4) is 0 Å². The first-order valence-corrected chi connectivity index (χ1v) is 6.76. The number of aromatic nitrogens is 2. The maximum absolute atomic E-state index is 12.1. The van der Waals surface area contributed by atoms with Gasteiger partial charge in [-0.1, -0.05) is 0 Å². The number of amides is 1. The molecule has 2 aromatic rings. The van der Waals surface area contributed by atoms with E-state index in [9.17, 15) is 4.79 Å². The van der Waals surface area contributed by atoms with Gasteiger partial charge in [-0.3, -0.25) is 4.79 Å². The third kappa shape index (κ3) is 2.62. The average molecular weight is 259 g/mol. The van der Waals surface area contributed by atoms with Crippen LogP contribution < -0.4 is 0 Å². The van der Waals surface area contributed by atoms with Crippen molar-refractivity contribution in [2.45, 2.75) is 34.2 Å². The van der Waals surface area contributed by atoms with Gasteiger partial charge in [-0.25, -0.2) is 4.98 Å². The number of hydrogen-bond acceptors (Lipinski definition) is 2. The monoisotopic (exact) mass is 259 g/mol. The fraction of sp³-hybridized carbons (Fsp3) is 0.467. The predicted molar refractivity (Wildman–Crippen MR) is 77.1 cm³/mol. The number of fused-ring (bicyclic) bond motifs is 1. The molecule has 1 aromatic heterocycles. The number of nitrogens with zero attached hydrogens (tertiary/aromatic N) is 3. The van der Waals surface area contributed by atoms with Crippen LogP contribution in [0.1, 0.15) is 25.0 Å². The van der Waals surface area contributed by atoms with Gasteiger partial charge in [0.25, 0.3) is 0 Å². The number of aryl methyl sites for hydroxylation is 2. The first-order valence-electron chi connectivity index (χ1n) is 6.76. The summed E-state index contributed by atoms with van der Waals surface area (Å²) in [5.74, 6) is 0.141. The number of likely N-dealkylation sites (N-methyl/N-ethyl adjacent to an activating group) is 1. The van der Waals surface area contributed by atoms with Gasteiger partial charge in [-0.2, -0.15) is 0 Å². The van der Waals surface area contributed by atoms with Crippen molar-refractivity contribution in [2.24, 2.45) is 0 Å². The van der Waals surface area contributed by atoms with E-state index in [2.05, 4.69) is 31.0 Å². The molecule has 0 unspecified atom stereocenters. The largest absolute Gasteiger partial charge is 0.342 e. The van der Waals surface area contributed by atoms with Crippen molar-refractivity contribution >= 4 is 16.9 Å². The van der Waals surface area contributed by atoms with Gasteiger partial charge in [0.1, 0.15) is 6.54 Å². The van der Waals surface area contributed by atoms with Crippen LogP contribution in [-0.2, 0) is 11.3 Å². The maximum Gasteiger partial charge on any atom is 0.242 e. The Morgan fingerprint density at radius 1 is 1.21 bits per heavy atom. The Bertz CT molecular complexity index is 597. The van der Waals surface area contributed by atoms with Crippen LogP contribution in [0.2, 0.25) is 0 Å². The fourth-order valence-electron chi connectivity index (χ4n) is 2.26. The second-order valence-corrected chi connectivity index (χ2v) is 4.86. The summed E-state index contributed by atoms with van der Waals surface area (Å²) in [6.45, 7) is 10.0. The van der Waals surface area contributed by atoms with Gasteiger partial charge in [0, 0.05) is 13.1 Å². The SMILES string of the molecule is CCN(CC)C(=O)Cn1cnc2cc(C)c(C)cc21. The van der Waals surface area contributed by atoms with Crippen LogP contribution in [0, 0.1) is 13.8 Å². The first-order chi connectivity index (χ1) is 9.06. The molecule has 0 aliphatic carbocycles. The second-order valence-electron chi connectivity index (χ2n) is 4.86. The molecule has 0 saturated carbocycles. The van der Waals surface area contributed by atoms with Crippen molar-refractivity contribution in [1.82, 2.24) is 14.5 Å². The minimum absolute atomic E-state index is 0.141. The second kappa shape index (κ2) is 5.43. The van der Waals surface area contributed by atoms with Gasteiger partial charge >= 0.3 is 0 Å². The van der Waals surface area contributed by atoms with Gasteiger partial charge in [0.15, 0.2) is 0 Å². The number of hydrogen-bond donors (Lipinski definition) is 0. The van der Waals surface area contributed by atoms with E-state index >= 15 is 0 Å². The molecule has 0 aliphatic heterocycles. The van der Waals surface area contributed by atoms with E-state index in [0.29, 0.717) is 6.54 Å². The molecule has 0 atom stereocenters. The Morgan fingerprint density at radius 3 is 2.47 bits per heavy atom. The smallest absolute Gasteiger partial charge is 0.242 e. The molecule has 0 fully saturated rings. The predicted octanol–water partition coefficient (Wildman–Crippen LogP) is 2.52. The summed E-state index contributed by atoms with van der Waals surface area (Å²) in [6.07, 6.45) is 1.75. The molecule has 0 radical (unpaired) electrons. The minimum Gasteiger partial charge on any atom is -0.342 e. The van der Waals surface area contributed by atoms with Crippen molar-refractivity contribution in [2.75, 3.05) is 13.1 Å². The topological polar surface area (TPSA) is 38.1 Å². The summed E-state index contributed by atoms with van der Waals surface area (Å²) >= 11 is 0. The average Bonchev–Trinajstić information content (AvgIpc) is 2.74. The third-order valence-corrected chi connectivity index (χ3v) is 3.66. The Kier molecular flexibility index (Phi) is 3.88. The highest BCUT2D eigenvalue weighted by Crippen LogP contribution is 2.18. The highest BCUT2D eigenvalue weighted by molar-refractivity contribution is 5.81. The molecular formula is C15H21N3O. The quantitative estimate of drug-likeness (QED) is 0.846. The van der Waals surface area contributed by atoms with Gasteiger partial charge in [0.2, 0.25) is 5.91 Å². The molecule has 4 nitrogen and oxygen atoms in total. The van der Waals surface area contributed by atoms with Gasteiger partial charge in [-0.15, -0.1) is 0 Å². The summed E-state index contributed by atoms with van der Waals surface area (Å²) in [5.41, 5.74) is 4.44. The van der Waals surface area contributed by atoms with E-state index in [-0.39, 0.29) is 5.91 Å². The molecule has 102 valence electrons. The maximum atomic E-state index is 12.1. The highest BCUT2D eigenvalue weighted by atomic mass is 16.2. The number of rotatable bonds is 4. The van der Waals surface area contributed by atoms with E-state index < -0.39 is 0 Å². The summed E-state index contributed by atoms with van der Waals surface area (Å²) in [5, 5.41) is 0. The number of carbonyl (C=O) groups is 1. The molecule has 1 aromatic carbocycles. The molecule has 2 rings (SSSR count). The zero-order chi connectivity index (χ0) is 14.0. The molecular weight excluding hydrogens is 238 g/mol. The number of benzene rings is 1. The lowest BCUT2D eigenvalue weighted by molar-refractivity contribution is -0.131. The van der Waals surface area contributed by atoms with E-state index in [1.54, 1.807) is 6.33 Å². The van der Waals surface area contributed by atoms with E-state index in [1.807, 2.05) is 23.3 Å². The summed E-state index contributed by atoms with van der Waals surface area (Å²) < 4.78 is 1.93. The standard InChI is InChI=1S/C15H21N3O/c1-5-17(6-2)15(19)9-18-10-16-13-7-11(3)12(4)8-14(13)18/h7-8,10H,5-6,9H2,1-4H3. The Morgan fingerprint density at radius 2 is 1.84 bits per heavy atom. The summed E-state index contributed by atoms with van der Waals surface area (Å²) in [6, 6.07) is 4.18. The van der Waals surface area contributed by atoms with Crippen LogP contribution in [0.4, 0.5) is 0 Å². The normalized spacial score (nSPS) is 10.9. The summed E-state index contributed by atoms with van der Waals surface area (Å²) in [7, 11) is 0. The van der Waals surface area contributed by atoms with Gasteiger partial charge in [0.05, 0.1) is 17.4 Å². The zero-order valence-corrected chi connectivity index (χ0v) is 12.1. The molecule has 4 heteroatoms. The van der Waals surface area contributed by atoms with Crippen molar-refractivity contribution in [3.63, 3.8) is 0 Å². The van der Waals surface area contributed by atoms with Crippen LogP contribution in [-0.4, -0.2) is 33.4 Å². The fourth-order valence-corrected chi connectivity index (χ4v) is 2.26. The van der Waals surface area contributed by atoms with E-state index in [0.717, 1.165) is 24.1 Å². The number of imidazole rings is 1. The van der Waals surface area contributed by atoms with Crippen LogP contribution in [0.5, 0.6) is 0 Å². The van der Waals surface area contributed by atoms with Crippen molar-refractivity contribution in [3.05, 3.63) is 29.6 Å². The van der Waals surface area contributed by atoms with E-state index in [4.69, 9.17) is 0 Å². The molecule has 0 spiro atoms. The van der Waals surface area contributed by atoms with Crippen LogP contribution in [0.25, 0.3) is 11.0 Å². The van der Waals surface area contributed by atoms with Crippen molar-refractivity contribution < 1.29 is 4.79 Å². The molecule has 0 N–H and O–H groups in total. The molecule has 1 amide bonds. The zero-order valence-electron chi connectivity index (χ0n) is 12.1. The van der Waals surface area contributed by atoms with Gasteiger partial charge < -0.3 is 9.47 Å². The molecule has 0 saturated heterocycles. The molecule has 1 heterocycles. The minimum atomic E-state index is 0.141. The Labute approximate surface area is 114 Å². The Hall–Kier alpha value is -1.84. The number of carbonyl (C=O) groups excluding carboxylic acids is 1. The summed E-state index contributed by atoms with van der Waals surface area (Å²) in [4.78, 5) is 18.4.